The van der Waals surface area contributed by atoms with Gasteiger partial charge in [-0.05, 0) is 109 Å². The molecule has 0 aromatic carbocycles. The third-order valence-corrected chi connectivity index (χ3v) is 12.2. The molecule has 0 aliphatic heterocycles. The molecule has 0 fully saturated rings. The van der Waals surface area contributed by atoms with Gasteiger partial charge in [-0.2, -0.15) is 0 Å². The van der Waals surface area contributed by atoms with Gasteiger partial charge in [0.1, 0.15) is 13.2 Å². The van der Waals surface area contributed by atoms with Crippen molar-refractivity contribution in [2.75, 3.05) is 13.2 Å². The van der Waals surface area contributed by atoms with E-state index < -0.39 is 6.10 Å². The molecule has 0 spiro atoms. The van der Waals surface area contributed by atoms with Gasteiger partial charge in [0, 0.05) is 19.3 Å². The Morgan fingerprint density at radius 1 is 0.303 bits per heavy atom. The Balaban J connectivity index is 4.38. The molecular formula is C60H106O6. The topological polar surface area (TPSA) is 78.9 Å². The van der Waals surface area contributed by atoms with E-state index in [1.807, 2.05) is 0 Å². The van der Waals surface area contributed by atoms with Crippen LogP contribution < -0.4 is 0 Å². The SMILES string of the molecule is CCCCCC/C=C\CCCCCCCC(=O)OCC(COC(=O)CCCCCCCC/C=C\C/C=C\C/C=C\CCCCCCC)OC(=O)CCCCCCC/C=C\CCCCCCC. The number of carbonyl (C=O) groups is 3. The second kappa shape index (κ2) is 54.7. The molecule has 0 aromatic rings. The van der Waals surface area contributed by atoms with E-state index in [-0.39, 0.29) is 31.1 Å². The maximum Gasteiger partial charge on any atom is 0.306 e. The van der Waals surface area contributed by atoms with Gasteiger partial charge < -0.3 is 14.2 Å². The van der Waals surface area contributed by atoms with Crippen LogP contribution in [0, 0.1) is 0 Å². The van der Waals surface area contributed by atoms with Gasteiger partial charge in [0.15, 0.2) is 6.10 Å². The Morgan fingerprint density at radius 2 is 0.545 bits per heavy atom. The summed E-state index contributed by atoms with van der Waals surface area (Å²) in [5.74, 6) is -0.907. The zero-order valence-electron chi connectivity index (χ0n) is 43.7. The standard InChI is InChI=1S/C60H106O6/c1-4-7-10-13-16-19-22-25-27-28-29-30-31-32-33-36-38-41-44-47-50-53-59(62)65-56-57(55-64-58(61)52-49-46-43-40-37-34-24-21-18-15-12-9-6-3)66-60(63)54-51-48-45-42-39-35-26-23-20-17-14-11-8-5-2/h21-26,28-29,31-32,57H,4-20,27,30,33-56H2,1-3H3/b24-21-,25-22-,26-23-,29-28-,32-31-. The summed E-state index contributed by atoms with van der Waals surface area (Å²) >= 11 is 0. The number of hydrogen-bond donors (Lipinski definition) is 0. The van der Waals surface area contributed by atoms with Gasteiger partial charge in [-0.3, -0.25) is 14.4 Å². The van der Waals surface area contributed by atoms with E-state index in [9.17, 15) is 14.4 Å². The van der Waals surface area contributed by atoms with Crippen LogP contribution in [0.5, 0.6) is 0 Å². The number of ether oxygens (including phenoxy) is 3. The summed E-state index contributed by atoms with van der Waals surface area (Å²) in [7, 11) is 0. The molecule has 6 heteroatoms. The third-order valence-electron chi connectivity index (χ3n) is 12.2. The van der Waals surface area contributed by atoms with Crippen molar-refractivity contribution in [1.82, 2.24) is 0 Å². The van der Waals surface area contributed by atoms with Crippen molar-refractivity contribution >= 4 is 17.9 Å². The lowest BCUT2D eigenvalue weighted by Crippen LogP contribution is -2.30. The Hall–Kier alpha value is -2.89. The van der Waals surface area contributed by atoms with Crippen LogP contribution in [0.4, 0.5) is 0 Å². The van der Waals surface area contributed by atoms with Crippen LogP contribution >= 0.6 is 0 Å². The van der Waals surface area contributed by atoms with Crippen LogP contribution in [-0.2, 0) is 28.6 Å². The number of unbranched alkanes of at least 4 members (excludes halogenated alkanes) is 30. The number of hydrogen-bond acceptors (Lipinski definition) is 6. The van der Waals surface area contributed by atoms with E-state index in [1.54, 1.807) is 0 Å². The summed E-state index contributed by atoms with van der Waals surface area (Å²) in [5.41, 5.74) is 0. The van der Waals surface area contributed by atoms with E-state index in [2.05, 4.69) is 81.5 Å². The lowest BCUT2D eigenvalue weighted by atomic mass is 10.1. The lowest BCUT2D eigenvalue weighted by molar-refractivity contribution is -0.167. The maximum atomic E-state index is 12.8. The predicted molar refractivity (Wildman–Crippen MR) is 284 cm³/mol. The maximum absolute atomic E-state index is 12.8. The first kappa shape index (κ1) is 63.1. The predicted octanol–water partition coefficient (Wildman–Crippen LogP) is 18.8. The summed E-state index contributed by atoms with van der Waals surface area (Å²) in [6.45, 7) is 6.59. The Bertz CT molecular complexity index is 1200. The van der Waals surface area contributed by atoms with Crippen molar-refractivity contribution in [3.63, 3.8) is 0 Å². The zero-order valence-corrected chi connectivity index (χ0v) is 43.7. The van der Waals surface area contributed by atoms with Gasteiger partial charge in [0.25, 0.3) is 0 Å². The van der Waals surface area contributed by atoms with E-state index >= 15 is 0 Å². The minimum absolute atomic E-state index is 0.0856. The van der Waals surface area contributed by atoms with E-state index in [0.29, 0.717) is 19.3 Å². The fourth-order valence-electron chi connectivity index (χ4n) is 7.91. The number of allylic oxidation sites excluding steroid dienone is 10. The molecule has 0 saturated carbocycles. The zero-order chi connectivity index (χ0) is 47.9. The number of rotatable bonds is 51. The largest absolute Gasteiger partial charge is 0.462 e. The molecule has 0 rings (SSSR count). The van der Waals surface area contributed by atoms with Gasteiger partial charge in [0.05, 0.1) is 0 Å². The van der Waals surface area contributed by atoms with Crippen LogP contribution in [0.1, 0.15) is 284 Å². The molecule has 1 unspecified atom stereocenters. The summed E-state index contributed by atoms with van der Waals surface area (Å²) in [6.07, 6.45) is 67.7. The van der Waals surface area contributed by atoms with Crippen molar-refractivity contribution in [3.05, 3.63) is 60.8 Å². The minimum atomic E-state index is -0.787. The smallest absolute Gasteiger partial charge is 0.306 e. The molecule has 382 valence electrons. The quantitative estimate of drug-likeness (QED) is 0.0262. The van der Waals surface area contributed by atoms with Crippen molar-refractivity contribution in [2.24, 2.45) is 0 Å². The number of esters is 3. The highest BCUT2D eigenvalue weighted by molar-refractivity contribution is 5.71. The van der Waals surface area contributed by atoms with E-state index in [1.165, 1.54) is 148 Å². The summed E-state index contributed by atoms with van der Waals surface area (Å²) in [4.78, 5) is 38.1. The van der Waals surface area contributed by atoms with E-state index in [4.69, 9.17) is 14.2 Å². The summed E-state index contributed by atoms with van der Waals surface area (Å²) in [5, 5.41) is 0. The normalized spacial score (nSPS) is 12.5. The Labute approximate surface area is 409 Å². The molecule has 0 bridgehead atoms. The fraction of sp³-hybridized carbons (Fsp3) is 0.783. The molecule has 6 nitrogen and oxygen atoms in total. The Kier molecular flexibility index (Phi) is 52.3. The summed E-state index contributed by atoms with van der Waals surface area (Å²) < 4.78 is 16.8. The van der Waals surface area contributed by atoms with Crippen molar-refractivity contribution < 1.29 is 28.6 Å². The average molecular weight is 924 g/mol. The van der Waals surface area contributed by atoms with Gasteiger partial charge in [-0.25, -0.2) is 0 Å². The van der Waals surface area contributed by atoms with Crippen molar-refractivity contribution in [2.45, 2.75) is 290 Å². The second-order valence-corrected chi connectivity index (χ2v) is 18.8. The molecule has 0 N–H and O–H groups in total. The number of carbonyl (C=O) groups excluding carboxylic acids is 3. The molecule has 0 heterocycles. The first-order chi connectivity index (χ1) is 32.5. The fourth-order valence-corrected chi connectivity index (χ4v) is 7.91. The molecule has 0 radical (unpaired) electrons. The first-order valence-corrected chi connectivity index (χ1v) is 28.3. The highest BCUT2D eigenvalue weighted by atomic mass is 16.6. The second-order valence-electron chi connectivity index (χ2n) is 18.8. The van der Waals surface area contributed by atoms with Gasteiger partial charge in [-0.1, -0.05) is 216 Å². The van der Waals surface area contributed by atoms with Gasteiger partial charge in [-0.15, -0.1) is 0 Å². The summed E-state index contributed by atoms with van der Waals surface area (Å²) in [6, 6.07) is 0. The van der Waals surface area contributed by atoms with Gasteiger partial charge >= 0.3 is 17.9 Å². The van der Waals surface area contributed by atoms with Crippen LogP contribution in [0.3, 0.4) is 0 Å². The van der Waals surface area contributed by atoms with Crippen LogP contribution in [-0.4, -0.2) is 37.2 Å². The monoisotopic (exact) mass is 923 g/mol. The average Bonchev–Trinajstić information content (AvgIpc) is 3.31. The minimum Gasteiger partial charge on any atom is -0.462 e. The lowest BCUT2D eigenvalue weighted by Gasteiger charge is -2.18. The van der Waals surface area contributed by atoms with Crippen LogP contribution in [0.15, 0.2) is 60.8 Å². The molecule has 0 amide bonds. The van der Waals surface area contributed by atoms with Crippen LogP contribution in [0.25, 0.3) is 0 Å². The van der Waals surface area contributed by atoms with Crippen molar-refractivity contribution in [1.29, 1.82) is 0 Å². The molecule has 0 aliphatic rings. The van der Waals surface area contributed by atoms with Crippen LogP contribution in [0.2, 0.25) is 0 Å². The highest BCUT2D eigenvalue weighted by Crippen LogP contribution is 2.14. The highest BCUT2D eigenvalue weighted by Gasteiger charge is 2.19. The first-order valence-electron chi connectivity index (χ1n) is 28.3. The van der Waals surface area contributed by atoms with Gasteiger partial charge in [0.2, 0.25) is 0 Å². The molecule has 1 atom stereocenters. The molecule has 66 heavy (non-hydrogen) atoms. The molecule has 0 saturated heterocycles. The molecule has 0 aliphatic carbocycles. The molecule has 0 aromatic heterocycles. The molecular weight excluding hydrogens is 817 g/mol. The van der Waals surface area contributed by atoms with Crippen molar-refractivity contribution in [3.8, 4) is 0 Å². The van der Waals surface area contributed by atoms with E-state index in [0.717, 1.165) is 96.3 Å². The Morgan fingerprint density at radius 3 is 0.879 bits per heavy atom. The third kappa shape index (κ3) is 52.1.